The molecule has 3 heterocycles. The minimum atomic E-state index is 0.672. The van der Waals surface area contributed by atoms with Gasteiger partial charge in [0.05, 0.1) is 24.6 Å². The first kappa shape index (κ1) is 10.6. The molecule has 0 radical (unpaired) electrons. The molecule has 0 aromatic carbocycles. The van der Waals surface area contributed by atoms with E-state index in [1.165, 1.54) is 0 Å². The average molecular weight is 243 g/mol. The molecule has 0 spiro atoms. The van der Waals surface area contributed by atoms with E-state index < -0.39 is 0 Å². The standard InChI is InChI=1S/C11H13N7/c12-9-7-16-17(8-9)5-3-13-11-10-1-2-15-18(10)6-4-14-11/h1-2,4,6-8H,3,5,12H2,(H,13,14). The highest BCUT2D eigenvalue weighted by Gasteiger charge is 2.02. The van der Waals surface area contributed by atoms with E-state index in [2.05, 4.69) is 20.5 Å². The van der Waals surface area contributed by atoms with E-state index in [0.29, 0.717) is 5.69 Å². The van der Waals surface area contributed by atoms with E-state index in [9.17, 15) is 0 Å². The van der Waals surface area contributed by atoms with Crippen molar-refractivity contribution >= 4 is 17.0 Å². The molecule has 0 saturated heterocycles. The molecule has 3 aromatic rings. The molecule has 3 N–H and O–H groups in total. The zero-order valence-corrected chi connectivity index (χ0v) is 9.69. The third kappa shape index (κ3) is 1.97. The van der Waals surface area contributed by atoms with Gasteiger partial charge in [-0.05, 0) is 6.07 Å². The summed E-state index contributed by atoms with van der Waals surface area (Å²) in [4.78, 5) is 4.29. The molecule has 0 fully saturated rings. The van der Waals surface area contributed by atoms with Crippen LogP contribution in [-0.2, 0) is 6.54 Å². The molecule has 0 aliphatic carbocycles. The van der Waals surface area contributed by atoms with Gasteiger partial charge in [-0.1, -0.05) is 0 Å². The molecular formula is C11H13N7. The van der Waals surface area contributed by atoms with Crippen molar-refractivity contribution in [3.05, 3.63) is 37.1 Å². The van der Waals surface area contributed by atoms with Crippen LogP contribution in [0.25, 0.3) is 5.52 Å². The largest absolute Gasteiger partial charge is 0.396 e. The van der Waals surface area contributed by atoms with Gasteiger partial charge in [-0.3, -0.25) is 4.68 Å². The summed E-state index contributed by atoms with van der Waals surface area (Å²) >= 11 is 0. The van der Waals surface area contributed by atoms with Gasteiger partial charge in [0.25, 0.3) is 0 Å². The van der Waals surface area contributed by atoms with E-state index >= 15 is 0 Å². The molecule has 0 bridgehead atoms. The molecule has 0 aliphatic heterocycles. The Morgan fingerprint density at radius 2 is 2.22 bits per heavy atom. The van der Waals surface area contributed by atoms with Gasteiger partial charge in [-0.25, -0.2) is 9.50 Å². The number of anilines is 2. The Labute approximate surface area is 103 Å². The van der Waals surface area contributed by atoms with Crippen LogP contribution in [0.1, 0.15) is 0 Å². The van der Waals surface area contributed by atoms with E-state index in [1.807, 2.05) is 12.3 Å². The van der Waals surface area contributed by atoms with Gasteiger partial charge in [-0.2, -0.15) is 10.2 Å². The molecule has 7 heteroatoms. The van der Waals surface area contributed by atoms with Crippen LogP contribution in [0.3, 0.4) is 0 Å². The van der Waals surface area contributed by atoms with Gasteiger partial charge in [-0.15, -0.1) is 0 Å². The van der Waals surface area contributed by atoms with Crippen LogP contribution in [0.5, 0.6) is 0 Å². The number of nitrogens with two attached hydrogens (primary N) is 1. The Kier molecular flexibility index (Phi) is 2.56. The number of hydrogen-bond acceptors (Lipinski definition) is 5. The molecule has 0 aliphatic rings. The maximum atomic E-state index is 5.59. The summed E-state index contributed by atoms with van der Waals surface area (Å²) in [5.74, 6) is 0.815. The van der Waals surface area contributed by atoms with Crippen LogP contribution in [0.2, 0.25) is 0 Å². The molecular weight excluding hydrogens is 230 g/mol. The van der Waals surface area contributed by atoms with E-state index in [-0.39, 0.29) is 0 Å². The minimum absolute atomic E-state index is 0.672. The van der Waals surface area contributed by atoms with Crippen molar-refractivity contribution in [1.29, 1.82) is 0 Å². The number of nitrogen functional groups attached to an aromatic ring is 1. The predicted octanol–water partition coefficient (Wildman–Crippen LogP) is 0.620. The molecule has 0 amide bonds. The van der Waals surface area contributed by atoms with Crippen molar-refractivity contribution in [3.8, 4) is 0 Å². The normalized spacial score (nSPS) is 10.9. The third-order valence-corrected chi connectivity index (χ3v) is 2.61. The number of hydrogen-bond donors (Lipinski definition) is 2. The molecule has 92 valence electrons. The summed E-state index contributed by atoms with van der Waals surface area (Å²) in [5, 5.41) is 11.5. The van der Waals surface area contributed by atoms with Crippen LogP contribution < -0.4 is 11.1 Å². The van der Waals surface area contributed by atoms with E-state index in [4.69, 9.17) is 5.73 Å². The van der Waals surface area contributed by atoms with Crippen LogP contribution in [0.15, 0.2) is 37.1 Å². The number of nitrogens with one attached hydrogen (secondary N) is 1. The fourth-order valence-electron chi connectivity index (χ4n) is 1.78. The first-order valence-electron chi connectivity index (χ1n) is 5.63. The summed E-state index contributed by atoms with van der Waals surface area (Å²) in [6, 6.07) is 1.92. The topological polar surface area (TPSA) is 86.1 Å². The lowest BCUT2D eigenvalue weighted by Crippen LogP contribution is -2.12. The van der Waals surface area contributed by atoms with Crippen LogP contribution >= 0.6 is 0 Å². The number of aromatic nitrogens is 5. The average Bonchev–Trinajstić information content (AvgIpc) is 2.98. The maximum absolute atomic E-state index is 5.59. The Morgan fingerprint density at radius 3 is 3.06 bits per heavy atom. The summed E-state index contributed by atoms with van der Waals surface area (Å²) in [6.45, 7) is 1.45. The maximum Gasteiger partial charge on any atom is 0.152 e. The Balaban J connectivity index is 1.68. The molecule has 0 saturated carbocycles. The van der Waals surface area contributed by atoms with Gasteiger partial charge in [0.15, 0.2) is 5.82 Å². The highest BCUT2D eigenvalue weighted by Crippen LogP contribution is 2.11. The fourth-order valence-corrected chi connectivity index (χ4v) is 1.78. The molecule has 3 aromatic heterocycles. The SMILES string of the molecule is Nc1cnn(CCNc2nccn3nccc23)c1. The van der Waals surface area contributed by atoms with Crippen molar-refractivity contribution in [1.82, 2.24) is 24.4 Å². The quantitative estimate of drug-likeness (QED) is 0.701. The summed E-state index contributed by atoms with van der Waals surface area (Å²) in [5.41, 5.74) is 7.22. The second-order valence-corrected chi connectivity index (χ2v) is 3.90. The minimum Gasteiger partial charge on any atom is -0.396 e. The van der Waals surface area contributed by atoms with Gasteiger partial charge in [0.2, 0.25) is 0 Å². The summed E-state index contributed by atoms with van der Waals surface area (Å²) in [7, 11) is 0. The lowest BCUT2D eigenvalue weighted by Gasteiger charge is -2.06. The fraction of sp³-hybridized carbons (Fsp3) is 0.182. The van der Waals surface area contributed by atoms with Gasteiger partial charge in [0, 0.05) is 25.1 Å². The Morgan fingerprint density at radius 1 is 1.28 bits per heavy atom. The zero-order valence-electron chi connectivity index (χ0n) is 9.69. The van der Waals surface area contributed by atoms with E-state index in [1.54, 1.807) is 34.0 Å². The first-order valence-corrected chi connectivity index (χ1v) is 5.63. The number of rotatable bonds is 4. The van der Waals surface area contributed by atoms with Gasteiger partial charge in [0.1, 0.15) is 5.52 Å². The van der Waals surface area contributed by atoms with Crippen molar-refractivity contribution < 1.29 is 0 Å². The number of nitrogens with zero attached hydrogens (tertiary/aromatic N) is 5. The molecule has 18 heavy (non-hydrogen) atoms. The smallest absolute Gasteiger partial charge is 0.152 e. The molecule has 7 nitrogen and oxygen atoms in total. The monoisotopic (exact) mass is 243 g/mol. The molecule has 0 atom stereocenters. The summed E-state index contributed by atoms with van der Waals surface area (Å²) in [6.07, 6.45) is 8.71. The second kappa shape index (κ2) is 4.36. The van der Waals surface area contributed by atoms with Crippen LogP contribution in [-0.4, -0.2) is 30.9 Å². The Bertz CT molecular complexity index is 654. The van der Waals surface area contributed by atoms with Crippen molar-refractivity contribution in [3.63, 3.8) is 0 Å². The second-order valence-electron chi connectivity index (χ2n) is 3.90. The first-order chi connectivity index (χ1) is 8.83. The van der Waals surface area contributed by atoms with E-state index in [0.717, 1.165) is 24.4 Å². The third-order valence-electron chi connectivity index (χ3n) is 2.61. The zero-order chi connectivity index (χ0) is 12.4. The van der Waals surface area contributed by atoms with Crippen LogP contribution in [0.4, 0.5) is 11.5 Å². The lowest BCUT2D eigenvalue weighted by atomic mass is 10.4. The Hall–Kier alpha value is -2.57. The van der Waals surface area contributed by atoms with Crippen molar-refractivity contribution in [2.45, 2.75) is 6.54 Å². The molecule has 0 unspecified atom stereocenters. The van der Waals surface area contributed by atoms with Gasteiger partial charge < -0.3 is 11.1 Å². The van der Waals surface area contributed by atoms with Crippen LogP contribution in [0, 0.1) is 0 Å². The van der Waals surface area contributed by atoms with Crippen molar-refractivity contribution in [2.24, 2.45) is 0 Å². The number of fused-ring (bicyclic) bond motifs is 1. The van der Waals surface area contributed by atoms with Crippen molar-refractivity contribution in [2.75, 3.05) is 17.6 Å². The highest BCUT2D eigenvalue weighted by atomic mass is 15.3. The lowest BCUT2D eigenvalue weighted by molar-refractivity contribution is 0.637. The predicted molar refractivity (Wildman–Crippen MR) is 68.1 cm³/mol. The molecule has 3 rings (SSSR count). The highest BCUT2D eigenvalue weighted by molar-refractivity contribution is 5.66. The summed E-state index contributed by atoms with van der Waals surface area (Å²) < 4.78 is 3.57. The van der Waals surface area contributed by atoms with Gasteiger partial charge >= 0.3 is 0 Å².